The summed E-state index contributed by atoms with van der Waals surface area (Å²) in [5, 5.41) is 0. The fraction of sp³-hybridized carbons (Fsp3) is 0.214. The zero-order valence-corrected chi connectivity index (χ0v) is 9.64. The van der Waals surface area contributed by atoms with Gasteiger partial charge >= 0.3 is 0 Å². The first-order chi connectivity index (χ1) is 8.25. The summed E-state index contributed by atoms with van der Waals surface area (Å²) in [5.74, 6) is 0.934. The van der Waals surface area contributed by atoms with Crippen LogP contribution >= 0.6 is 0 Å². The number of carbonyl (C=O) groups is 1. The molecule has 3 nitrogen and oxygen atoms in total. The van der Waals surface area contributed by atoms with Crippen LogP contribution in [0.15, 0.2) is 41.0 Å². The lowest BCUT2D eigenvalue weighted by atomic mass is 10.1. The molecule has 2 heterocycles. The van der Waals surface area contributed by atoms with Gasteiger partial charge in [-0.15, -0.1) is 0 Å². The number of amides is 1. The van der Waals surface area contributed by atoms with Gasteiger partial charge in [-0.1, -0.05) is 12.1 Å². The molecule has 0 bridgehead atoms. The monoisotopic (exact) mass is 227 g/mol. The van der Waals surface area contributed by atoms with Gasteiger partial charge in [0.1, 0.15) is 5.76 Å². The van der Waals surface area contributed by atoms with Crippen LogP contribution in [0.1, 0.15) is 12.5 Å². The Morgan fingerprint density at radius 3 is 2.94 bits per heavy atom. The Labute approximate surface area is 99.7 Å². The molecule has 0 saturated heterocycles. The molecule has 17 heavy (non-hydrogen) atoms. The van der Waals surface area contributed by atoms with E-state index in [1.807, 2.05) is 29.2 Å². The zero-order chi connectivity index (χ0) is 11.8. The summed E-state index contributed by atoms with van der Waals surface area (Å²) >= 11 is 0. The van der Waals surface area contributed by atoms with Crippen molar-refractivity contribution in [2.24, 2.45) is 0 Å². The molecule has 0 radical (unpaired) electrons. The lowest BCUT2D eigenvalue weighted by Crippen LogP contribution is -2.25. The highest BCUT2D eigenvalue weighted by molar-refractivity contribution is 5.94. The van der Waals surface area contributed by atoms with Gasteiger partial charge in [-0.2, -0.15) is 0 Å². The van der Waals surface area contributed by atoms with Gasteiger partial charge in [0.25, 0.3) is 0 Å². The van der Waals surface area contributed by atoms with Crippen molar-refractivity contribution in [1.29, 1.82) is 0 Å². The Hall–Kier alpha value is -2.03. The number of hydrogen-bond donors (Lipinski definition) is 0. The van der Waals surface area contributed by atoms with Crippen molar-refractivity contribution in [3.8, 4) is 11.3 Å². The van der Waals surface area contributed by atoms with Crippen molar-refractivity contribution >= 4 is 11.6 Å². The summed E-state index contributed by atoms with van der Waals surface area (Å²) in [6, 6.07) is 9.94. The maximum absolute atomic E-state index is 11.5. The lowest BCUT2D eigenvalue weighted by molar-refractivity contribution is -0.116. The maximum Gasteiger partial charge on any atom is 0.223 e. The molecule has 1 aromatic carbocycles. The van der Waals surface area contributed by atoms with E-state index >= 15 is 0 Å². The van der Waals surface area contributed by atoms with Gasteiger partial charge < -0.3 is 9.32 Å². The number of rotatable bonds is 1. The van der Waals surface area contributed by atoms with Crippen molar-refractivity contribution < 1.29 is 9.21 Å². The summed E-state index contributed by atoms with van der Waals surface area (Å²) < 4.78 is 5.37. The van der Waals surface area contributed by atoms with Gasteiger partial charge in [-0.25, -0.2) is 0 Å². The second-order valence-electron chi connectivity index (χ2n) is 4.24. The van der Waals surface area contributed by atoms with E-state index in [1.165, 1.54) is 5.56 Å². The van der Waals surface area contributed by atoms with E-state index in [4.69, 9.17) is 4.42 Å². The molecule has 2 aromatic rings. The molecular weight excluding hydrogens is 214 g/mol. The Morgan fingerprint density at radius 1 is 1.35 bits per heavy atom. The van der Waals surface area contributed by atoms with E-state index in [-0.39, 0.29) is 5.91 Å². The van der Waals surface area contributed by atoms with E-state index in [2.05, 4.69) is 6.07 Å². The molecule has 1 aliphatic heterocycles. The van der Waals surface area contributed by atoms with Crippen LogP contribution in [0.5, 0.6) is 0 Å². The number of hydrogen-bond acceptors (Lipinski definition) is 2. The second kappa shape index (κ2) is 3.77. The number of anilines is 1. The fourth-order valence-electron chi connectivity index (χ4n) is 2.30. The third kappa shape index (κ3) is 1.64. The number of furan rings is 1. The molecule has 3 rings (SSSR count). The largest absolute Gasteiger partial charge is 0.464 e. The van der Waals surface area contributed by atoms with Crippen molar-refractivity contribution in [1.82, 2.24) is 0 Å². The first-order valence-electron chi connectivity index (χ1n) is 5.70. The highest BCUT2D eigenvalue weighted by atomic mass is 16.3. The molecule has 1 amide bonds. The minimum Gasteiger partial charge on any atom is -0.464 e. The predicted molar refractivity (Wildman–Crippen MR) is 65.9 cm³/mol. The molecule has 1 aromatic heterocycles. The Kier molecular flexibility index (Phi) is 2.25. The number of fused-ring (bicyclic) bond motifs is 1. The molecular formula is C14H13NO2. The summed E-state index contributed by atoms with van der Waals surface area (Å²) in [4.78, 5) is 13.3. The Bertz CT molecular complexity index is 558. The lowest BCUT2D eigenvalue weighted by Gasteiger charge is -2.15. The van der Waals surface area contributed by atoms with E-state index in [1.54, 1.807) is 13.2 Å². The third-order valence-corrected chi connectivity index (χ3v) is 3.17. The molecule has 0 unspecified atom stereocenters. The van der Waals surface area contributed by atoms with Gasteiger partial charge in [0.05, 0.1) is 6.26 Å². The van der Waals surface area contributed by atoms with E-state index in [0.29, 0.717) is 0 Å². The molecule has 86 valence electrons. The normalized spacial score (nSPS) is 13.8. The highest BCUT2D eigenvalue weighted by Gasteiger charge is 2.22. The minimum atomic E-state index is 0.0975. The quantitative estimate of drug-likeness (QED) is 0.750. The zero-order valence-electron chi connectivity index (χ0n) is 9.64. The van der Waals surface area contributed by atoms with Crippen LogP contribution in [0, 0.1) is 0 Å². The van der Waals surface area contributed by atoms with Gasteiger partial charge in [-0.05, 0) is 30.2 Å². The second-order valence-corrected chi connectivity index (χ2v) is 4.24. The third-order valence-electron chi connectivity index (χ3n) is 3.17. The molecule has 0 spiro atoms. The fourth-order valence-corrected chi connectivity index (χ4v) is 2.30. The predicted octanol–water partition coefficient (Wildman–Crippen LogP) is 2.86. The molecule has 1 aliphatic rings. The minimum absolute atomic E-state index is 0.0975. The molecule has 0 saturated carbocycles. The Balaban J connectivity index is 2.07. The molecule has 3 heteroatoms. The molecule has 0 fully saturated rings. The van der Waals surface area contributed by atoms with Crippen molar-refractivity contribution in [3.05, 3.63) is 42.2 Å². The van der Waals surface area contributed by atoms with Crippen LogP contribution in [0.4, 0.5) is 5.69 Å². The molecule has 0 aliphatic carbocycles. The standard InChI is InChI=1S/C14H13NO2/c1-10(16)15-7-6-11-4-5-12(9-13(11)15)14-3-2-8-17-14/h2-5,8-9H,6-7H2,1H3. The van der Waals surface area contributed by atoms with Gasteiger partial charge in [0.2, 0.25) is 5.91 Å². The first-order valence-corrected chi connectivity index (χ1v) is 5.70. The average molecular weight is 227 g/mol. The van der Waals surface area contributed by atoms with Crippen molar-refractivity contribution in [3.63, 3.8) is 0 Å². The summed E-state index contributed by atoms with van der Waals surface area (Å²) in [6.07, 6.45) is 2.60. The van der Waals surface area contributed by atoms with Crippen LogP contribution in [-0.2, 0) is 11.2 Å². The van der Waals surface area contributed by atoms with Gasteiger partial charge in [-0.3, -0.25) is 4.79 Å². The topological polar surface area (TPSA) is 33.5 Å². The van der Waals surface area contributed by atoms with E-state index in [9.17, 15) is 4.79 Å². The summed E-state index contributed by atoms with van der Waals surface area (Å²) in [6.45, 7) is 2.39. The van der Waals surface area contributed by atoms with Crippen LogP contribution in [0.3, 0.4) is 0 Å². The van der Waals surface area contributed by atoms with Crippen molar-refractivity contribution in [2.45, 2.75) is 13.3 Å². The first kappa shape index (κ1) is 10.1. The maximum atomic E-state index is 11.5. The summed E-state index contributed by atoms with van der Waals surface area (Å²) in [7, 11) is 0. The van der Waals surface area contributed by atoms with Crippen LogP contribution in [0.25, 0.3) is 11.3 Å². The van der Waals surface area contributed by atoms with Crippen molar-refractivity contribution in [2.75, 3.05) is 11.4 Å². The number of benzene rings is 1. The van der Waals surface area contributed by atoms with Crippen LogP contribution in [-0.4, -0.2) is 12.5 Å². The molecule has 0 N–H and O–H groups in total. The number of carbonyl (C=O) groups excluding carboxylic acids is 1. The van der Waals surface area contributed by atoms with E-state index in [0.717, 1.165) is 30.0 Å². The highest BCUT2D eigenvalue weighted by Crippen LogP contribution is 2.32. The SMILES string of the molecule is CC(=O)N1CCc2ccc(-c3ccco3)cc21. The number of nitrogens with zero attached hydrogens (tertiary/aromatic N) is 1. The Morgan fingerprint density at radius 2 is 2.24 bits per heavy atom. The van der Waals surface area contributed by atoms with Gasteiger partial charge in [0, 0.05) is 24.7 Å². The molecule has 0 atom stereocenters. The van der Waals surface area contributed by atoms with E-state index < -0.39 is 0 Å². The summed E-state index contributed by atoms with van der Waals surface area (Å²) in [5.41, 5.74) is 3.27. The average Bonchev–Trinajstić information content (AvgIpc) is 2.97. The van der Waals surface area contributed by atoms with Crippen LogP contribution in [0.2, 0.25) is 0 Å². The van der Waals surface area contributed by atoms with Gasteiger partial charge in [0.15, 0.2) is 0 Å². The smallest absolute Gasteiger partial charge is 0.223 e. The van der Waals surface area contributed by atoms with Crippen LogP contribution < -0.4 is 4.90 Å².